The van der Waals surface area contributed by atoms with Crippen molar-refractivity contribution in [2.45, 2.75) is 399 Å². The maximum Gasteiger partial charge on any atom is 0.472 e. The van der Waals surface area contributed by atoms with Gasteiger partial charge in [0.05, 0.1) is 26.4 Å². The van der Waals surface area contributed by atoms with Gasteiger partial charge in [-0.2, -0.15) is 0 Å². The van der Waals surface area contributed by atoms with Gasteiger partial charge in [0.15, 0.2) is 6.10 Å². The van der Waals surface area contributed by atoms with E-state index in [4.69, 9.17) is 32.3 Å². The molecule has 0 aromatic rings. The van der Waals surface area contributed by atoms with Crippen molar-refractivity contribution in [1.82, 2.24) is 0 Å². The van der Waals surface area contributed by atoms with Crippen molar-refractivity contribution in [2.75, 3.05) is 39.6 Å². The van der Waals surface area contributed by atoms with Gasteiger partial charge in [-0.25, -0.2) is 9.13 Å². The van der Waals surface area contributed by atoms with Crippen molar-refractivity contribution in [3.63, 3.8) is 0 Å². The van der Waals surface area contributed by atoms with E-state index in [9.17, 15) is 43.5 Å². The van der Waals surface area contributed by atoms with Gasteiger partial charge < -0.3 is 34.2 Å². The van der Waals surface area contributed by atoms with Crippen molar-refractivity contribution in [3.05, 3.63) is 134 Å². The molecule has 0 aliphatic rings. The van der Waals surface area contributed by atoms with Gasteiger partial charge in [-0.05, 0) is 135 Å². The Hall–Kier alpha value is -4.31. The first-order valence-electron chi connectivity index (χ1n) is 44.5. The summed E-state index contributed by atoms with van der Waals surface area (Å²) in [6.07, 6.45) is 105. The maximum atomic E-state index is 13.0. The van der Waals surface area contributed by atoms with Crippen LogP contribution in [-0.4, -0.2) is 95.9 Å². The lowest BCUT2D eigenvalue weighted by molar-refractivity contribution is -0.161. The Kier molecular flexibility index (Phi) is 81.8. The van der Waals surface area contributed by atoms with Crippen LogP contribution in [0.2, 0.25) is 0 Å². The van der Waals surface area contributed by atoms with E-state index in [1.54, 1.807) is 0 Å². The first kappa shape index (κ1) is 107. The predicted octanol–water partition coefficient (Wildman–Crippen LogP) is 27.0. The minimum absolute atomic E-state index is 0.0928. The molecule has 0 spiro atoms. The molecule has 111 heavy (non-hydrogen) atoms. The molecule has 0 amide bonds. The number of allylic oxidation sites excluding steroid dienone is 22. The second kappa shape index (κ2) is 85.1. The van der Waals surface area contributed by atoms with E-state index in [1.807, 2.05) is 0 Å². The van der Waals surface area contributed by atoms with Crippen LogP contribution >= 0.6 is 15.6 Å². The fraction of sp³-hybridized carbons (Fsp3) is 0.731. The van der Waals surface area contributed by atoms with Crippen molar-refractivity contribution in [2.24, 2.45) is 0 Å². The largest absolute Gasteiger partial charge is 0.472 e. The third kappa shape index (κ3) is 86.4. The highest BCUT2D eigenvalue weighted by atomic mass is 31.2. The van der Waals surface area contributed by atoms with Crippen LogP contribution in [0.25, 0.3) is 0 Å². The zero-order chi connectivity index (χ0) is 80.8. The molecular formula is C93H162O16P2. The highest BCUT2D eigenvalue weighted by Gasteiger charge is 2.29. The van der Waals surface area contributed by atoms with E-state index < -0.39 is 91.5 Å². The molecule has 0 bridgehead atoms. The number of unbranched alkanes of at least 4 members (excludes halogenated alkanes) is 39. The van der Waals surface area contributed by atoms with E-state index in [-0.39, 0.29) is 19.3 Å². The Labute approximate surface area is 677 Å². The first-order chi connectivity index (χ1) is 54.2. The molecule has 0 aliphatic heterocycles. The SMILES string of the molecule is CC/C=C\C/C=C\C/C=C\C/C=C\C/C=C\CCCCCCCCCCCCCCCCCCCCCC(=O)OCC(O)COP(=O)(O)OCC(O)COP(=O)(O)OCC(COC(=O)CCCCCCCCCCC/C=C\C/C=C\C/C=C\C/C=C\C/C=C\CC)OC(=O)CCCCCCC/C=C\CCCCCCCC. The van der Waals surface area contributed by atoms with E-state index in [2.05, 4.69) is 154 Å². The Morgan fingerprint density at radius 1 is 0.261 bits per heavy atom. The Morgan fingerprint density at radius 3 is 0.766 bits per heavy atom. The monoisotopic (exact) mass is 1600 g/mol. The number of carbonyl (C=O) groups excluding carboxylic acids is 3. The summed E-state index contributed by atoms with van der Waals surface area (Å²) >= 11 is 0. The number of hydrogen-bond acceptors (Lipinski definition) is 14. The number of esters is 3. The Balaban J connectivity index is 4.42. The van der Waals surface area contributed by atoms with Gasteiger partial charge in [-0.3, -0.25) is 32.5 Å². The second-order valence-electron chi connectivity index (χ2n) is 29.6. The lowest BCUT2D eigenvalue weighted by atomic mass is 10.0. The number of ether oxygens (including phenoxy) is 3. The summed E-state index contributed by atoms with van der Waals surface area (Å²) in [5.41, 5.74) is 0. The summed E-state index contributed by atoms with van der Waals surface area (Å²) in [6, 6.07) is 0. The van der Waals surface area contributed by atoms with Crippen molar-refractivity contribution in [1.29, 1.82) is 0 Å². The molecule has 0 aliphatic carbocycles. The highest BCUT2D eigenvalue weighted by Crippen LogP contribution is 2.45. The first-order valence-corrected chi connectivity index (χ1v) is 47.5. The minimum Gasteiger partial charge on any atom is -0.463 e. The Morgan fingerprint density at radius 2 is 0.477 bits per heavy atom. The Bertz CT molecular complexity index is 2550. The number of aliphatic hydroxyl groups is 2. The maximum absolute atomic E-state index is 13.0. The van der Waals surface area contributed by atoms with E-state index in [0.717, 1.165) is 154 Å². The summed E-state index contributed by atoms with van der Waals surface area (Å²) in [6.45, 7) is 2.48. The minimum atomic E-state index is -4.94. The van der Waals surface area contributed by atoms with E-state index >= 15 is 0 Å². The molecule has 0 heterocycles. The van der Waals surface area contributed by atoms with Crippen LogP contribution < -0.4 is 0 Å². The van der Waals surface area contributed by atoms with Gasteiger partial charge in [0, 0.05) is 19.3 Å². The fourth-order valence-corrected chi connectivity index (χ4v) is 13.7. The summed E-state index contributed by atoms with van der Waals surface area (Å²) in [5, 5.41) is 20.7. The summed E-state index contributed by atoms with van der Waals surface area (Å²) in [4.78, 5) is 58.8. The molecule has 4 N–H and O–H groups in total. The van der Waals surface area contributed by atoms with Gasteiger partial charge in [0.2, 0.25) is 0 Å². The summed E-state index contributed by atoms with van der Waals surface area (Å²) in [7, 11) is -9.80. The lowest BCUT2D eigenvalue weighted by Crippen LogP contribution is -2.30. The van der Waals surface area contributed by atoms with E-state index in [0.29, 0.717) is 19.3 Å². The van der Waals surface area contributed by atoms with Gasteiger partial charge in [0.1, 0.15) is 25.4 Å². The average molecular weight is 1600 g/mol. The summed E-state index contributed by atoms with van der Waals surface area (Å²) in [5.74, 6) is -1.58. The van der Waals surface area contributed by atoms with Gasteiger partial charge in [-0.1, -0.05) is 360 Å². The van der Waals surface area contributed by atoms with Crippen molar-refractivity contribution in [3.8, 4) is 0 Å². The molecule has 0 saturated heterocycles. The topological polar surface area (TPSA) is 231 Å². The zero-order valence-corrected chi connectivity index (χ0v) is 72.1. The van der Waals surface area contributed by atoms with Gasteiger partial charge >= 0.3 is 33.6 Å². The van der Waals surface area contributed by atoms with Crippen molar-refractivity contribution < 1.29 is 75.8 Å². The third-order valence-electron chi connectivity index (χ3n) is 18.8. The van der Waals surface area contributed by atoms with Gasteiger partial charge in [-0.15, -0.1) is 0 Å². The number of aliphatic hydroxyl groups excluding tert-OH is 2. The molecule has 18 heteroatoms. The van der Waals surface area contributed by atoms with E-state index in [1.165, 1.54) is 167 Å². The fourth-order valence-electron chi connectivity index (χ4n) is 12.2. The predicted molar refractivity (Wildman–Crippen MR) is 463 cm³/mol. The number of phosphoric ester groups is 2. The average Bonchev–Trinajstić information content (AvgIpc) is 0.901. The molecule has 0 aromatic carbocycles. The van der Waals surface area contributed by atoms with Crippen LogP contribution in [0.4, 0.5) is 0 Å². The van der Waals surface area contributed by atoms with Crippen LogP contribution in [0, 0.1) is 0 Å². The van der Waals surface area contributed by atoms with Crippen LogP contribution in [0.3, 0.4) is 0 Å². The second-order valence-corrected chi connectivity index (χ2v) is 32.5. The highest BCUT2D eigenvalue weighted by molar-refractivity contribution is 7.47. The molecule has 0 saturated carbocycles. The third-order valence-corrected chi connectivity index (χ3v) is 20.7. The quantitative estimate of drug-likeness (QED) is 0.0146. The number of rotatable bonds is 84. The number of carbonyl (C=O) groups is 3. The van der Waals surface area contributed by atoms with Crippen LogP contribution in [0.15, 0.2) is 134 Å². The van der Waals surface area contributed by atoms with Crippen LogP contribution in [-0.2, 0) is 55.8 Å². The smallest absolute Gasteiger partial charge is 0.463 e. The molecule has 0 fully saturated rings. The normalized spacial score (nSPS) is 14.5. The van der Waals surface area contributed by atoms with Crippen LogP contribution in [0.1, 0.15) is 380 Å². The van der Waals surface area contributed by atoms with Crippen molar-refractivity contribution >= 4 is 33.6 Å². The summed E-state index contributed by atoms with van der Waals surface area (Å²) < 4.78 is 61.3. The molecule has 0 radical (unpaired) electrons. The lowest BCUT2D eigenvalue weighted by Gasteiger charge is -2.21. The number of hydrogen-bond donors (Lipinski definition) is 4. The molecule has 16 nitrogen and oxygen atoms in total. The molecule has 0 aromatic heterocycles. The number of phosphoric acid groups is 2. The molecule has 5 atom stereocenters. The molecule has 640 valence electrons. The van der Waals surface area contributed by atoms with Crippen LogP contribution in [0.5, 0.6) is 0 Å². The molecule has 5 unspecified atom stereocenters. The molecular weight excluding hydrogens is 1430 g/mol. The molecule has 0 rings (SSSR count). The zero-order valence-electron chi connectivity index (χ0n) is 70.4. The standard InChI is InChI=1S/C93H162O16P2/c1-4-7-10-13-16-19-22-25-28-30-32-34-36-38-39-40-41-42-43-44-45-46-47-49-51-52-54-56-59-61-64-67-70-73-76-79-91(96)103-82-88(94)83-105-110(99,100)106-84-89(95)85-107-111(101,102)108-87-90(109-93(98)81-78-75-72-69-66-63-58-27-24-21-18-15-12-9-6-3)86-104-92(97)80-77-74-71-68-65-62-60-57-55-53-50-48-37-35-33-31-29-26-23-20-17-14-11-8-5-2/h7-8,10-11,16-17,19-20,25-29,32-35,38-39,48,50,58,88-90,94-95H,4-6,9,12-15,18,21-24,30-31,36-37,40-47,49,51-57,59-87H2,1-3H3,(H,99,100)(H,101,102)/b10-7-,11-8-,19-16-,20-17-,28-25-,29-26-,34-32-,35-33-,39-38-,50-48-,58-27-. The van der Waals surface area contributed by atoms with Gasteiger partial charge in [0.25, 0.3) is 0 Å².